The smallest absolute Gasteiger partial charge is 0.412 e. The summed E-state index contributed by atoms with van der Waals surface area (Å²) in [6.07, 6.45) is 1.99. The third-order valence-electron chi connectivity index (χ3n) is 5.19. The van der Waals surface area contributed by atoms with Crippen molar-refractivity contribution in [3.05, 3.63) is 12.7 Å². The second kappa shape index (κ2) is 7.64. The molecule has 0 radical (unpaired) electrons. The first-order valence-electron chi connectivity index (χ1n) is 9.47. The molecule has 0 bridgehead atoms. The minimum Gasteiger partial charge on any atom is -0.444 e. The fraction of sp³-hybridized carbons (Fsp3) is 0.850. The van der Waals surface area contributed by atoms with Crippen molar-refractivity contribution in [2.75, 3.05) is 6.61 Å². The highest BCUT2D eigenvalue weighted by molar-refractivity contribution is 6.74. The summed E-state index contributed by atoms with van der Waals surface area (Å²) in [5.41, 5.74) is -1.29. The van der Waals surface area contributed by atoms with Gasteiger partial charge in [-0.25, -0.2) is 4.79 Å². The van der Waals surface area contributed by atoms with Crippen LogP contribution in [0.3, 0.4) is 0 Å². The van der Waals surface area contributed by atoms with E-state index >= 15 is 0 Å². The Morgan fingerprint density at radius 3 is 2.27 bits per heavy atom. The summed E-state index contributed by atoms with van der Waals surface area (Å²) in [6.45, 7) is 24.8. The summed E-state index contributed by atoms with van der Waals surface area (Å²) in [7, 11) is -2.01. The van der Waals surface area contributed by atoms with Gasteiger partial charge in [0.15, 0.2) is 8.32 Å². The van der Waals surface area contributed by atoms with Gasteiger partial charge in [0.1, 0.15) is 11.3 Å². The van der Waals surface area contributed by atoms with Crippen LogP contribution in [-0.4, -0.2) is 49.4 Å². The van der Waals surface area contributed by atoms with E-state index in [2.05, 4.69) is 40.4 Å². The summed E-state index contributed by atoms with van der Waals surface area (Å²) in [5.74, 6) is 0. The molecule has 0 aromatic rings. The number of ether oxygens (including phenoxy) is 2. The van der Waals surface area contributed by atoms with Gasteiger partial charge in [0.2, 0.25) is 0 Å². The van der Waals surface area contributed by atoms with Gasteiger partial charge in [0.25, 0.3) is 0 Å². The molecule has 0 spiro atoms. The number of nitrogens with zero attached hydrogens (tertiary/aromatic N) is 1. The van der Waals surface area contributed by atoms with Crippen LogP contribution in [0.4, 0.5) is 4.79 Å². The monoisotopic (exact) mass is 385 g/mol. The van der Waals surface area contributed by atoms with Gasteiger partial charge in [-0.05, 0) is 59.2 Å². The first-order chi connectivity index (χ1) is 11.5. The highest BCUT2D eigenvalue weighted by Gasteiger charge is 2.50. The molecule has 0 unspecified atom stereocenters. The molecule has 1 aliphatic rings. The first kappa shape index (κ1) is 23.2. The molecule has 1 saturated heterocycles. The third-order valence-corrected chi connectivity index (χ3v) is 9.69. The third kappa shape index (κ3) is 5.57. The van der Waals surface area contributed by atoms with E-state index in [-0.39, 0.29) is 23.3 Å². The summed E-state index contributed by atoms with van der Waals surface area (Å²) in [6, 6.07) is -0.202. The number of rotatable bonds is 5. The Kier molecular flexibility index (Phi) is 6.81. The number of hydrogen-bond acceptors (Lipinski definition) is 4. The van der Waals surface area contributed by atoms with Crippen LogP contribution in [0.2, 0.25) is 18.1 Å². The molecule has 0 saturated carbocycles. The van der Waals surface area contributed by atoms with Crippen LogP contribution in [0.5, 0.6) is 0 Å². The number of carbonyl (C=O) groups excluding carboxylic acids is 1. The lowest BCUT2D eigenvalue weighted by Gasteiger charge is -2.43. The molecule has 1 heterocycles. The van der Waals surface area contributed by atoms with E-state index in [4.69, 9.17) is 13.9 Å². The zero-order valence-electron chi connectivity index (χ0n) is 18.4. The molecule has 0 N–H and O–H groups in total. The van der Waals surface area contributed by atoms with Crippen LogP contribution in [0.1, 0.15) is 61.8 Å². The molecule has 2 atom stereocenters. The Morgan fingerprint density at radius 1 is 1.31 bits per heavy atom. The Balaban J connectivity index is 3.15. The Hall–Kier alpha value is -0.853. The standard InChI is InChI=1S/C20H39NO4Si/c1-12-13-16(25-26(10,11)19(5,6)7)15-14-23-20(8,9)21(15)17(22)24-18(2,3)4/h12,15-16H,1,13-14H2,2-11H3/t15-,16-/m0/s1. The molecule has 0 aromatic carbocycles. The molecule has 0 aliphatic carbocycles. The SMILES string of the molecule is C=CC[C@H](O[Si](C)(C)C(C)(C)C)[C@@H]1COC(C)(C)N1C(=O)OC(C)(C)C. The van der Waals surface area contributed by atoms with Crippen molar-refractivity contribution < 1.29 is 18.7 Å². The molecule has 1 amide bonds. The van der Waals surface area contributed by atoms with Gasteiger partial charge in [-0.2, -0.15) is 0 Å². The quantitative estimate of drug-likeness (QED) is 0.474. The molecule has 0 aromatic heterocycles. The van der Waals surface area contributed by atoms with E-state index in [1.165, 1.54) is 0 Å². The number of carbonyl (C=O) groups is 1. The normalized spacial score (nSPS) is 22.2. The number of hydrogen-bond donors (Lipinski definition) is 0. The van der Waals surface area contributed by atoms with Crippen LogP contribution >= 0.6 is 0 Å². The Labute approximate surface area is 161 Å². The van der Waals surface area contributed by atoms with Gasteiger partial charge < -0.3 is 13.9 Å². The first-order valence-corrected chi connectivity index (χ1v) is 12.4. The van der Waals surface area contributed by atoms with Gasteiger partial charge in [-0.15, -0.1) is 6.58 Å². The van der Waals surface area contributed by atoms with Gasteiger partial charge in [-0.1, -0.05) is 26.8 Å². The van der Waals surface area contributed by atoms with Crippen molar-refractivity contribution in [2.45, 2.75) is 103 Å². The van der Waals surface area contributed by atoms with Gasteiger partial charge in [0, 0.05) is 0 Å². The Bertz CT molecular complexity index is 517. The second-order valence-corrected chi connectivity index (χ2v) is 14.9. The predicted molar refractivity (Wildman–Crippen MR) is 109 cm³/mol. The molecule has 1 fully saturated rings. The lowest BCUT2D eigenvalue weighted by Crippen LogP contribution is -2.56. The molecule has 5 nitrogen and oxygen atoms in total. The summed E-state index contributed by atoms with van der Waals surface area (Å²) in [4.78, 5) is 14.6. The van der Waals surface area contributed by atoms with Crippen molar-refractivity contribution in [1.82, 2.24) is 4.90 Å². The van der Waals surface area contributed by atoms with Crippen molar-refractivity contribution >= 4 is 14.4 Å². The second-order valence-electron chi connectivity index (χ2n) is 10.1. The summed E-state index contributed by atoms with van der Waals surface area (Å²) in [5, 5.41) is 0.0815. The molecular formula is C20H39NO4Si. The zero-order chi connectivity index (χ0) is 20.6. The highest BCUT2D eigenvalue weighted by atomic mass is 28.4. The fourth-order valence-corrected chi connectivity index (χ4v) is 4.14. The van der Waals surface area contributed by atoms with E-state index in [1.807, 2.05) is 40.7 Å². The fourth-order valence-electron chi connectivity index (χ4n) is 2.78. The topological polar surface area (TPSA) is 48.0 Å². The van der Waals surface area contributed by atoms with Crippen molar-refractivity contribution in [1.29, 1.82) is 0 Å². The molecule has 152 valence electrons. The molecule has 1 rings (SSSR count). The molecular weight excluding hydrogens is 346 g/mol. The lowest BCUT2D eigenvalue weighted by molar-refractivity contribution is -0.0670. The van der Waals surface area contributed by atoms with Crippen LogP contribution in [-0.2, 0) is 13.9 Å². The van der Waals surface area contributed by atoms with Crippen molar-refractivity contribution in [2.24, 2.45) is 0 Å². The van der Waals surface area contributed by atoms with E-state index in [0.717, 1.165) is 0 Å². The van der Waals surface area contributed by atoms with Gasteiger partial charge >= 0.3 is 6.09 Å². The van der Waals surface area contributed by atoms with Crippen molar-refractivity contribution in [3.63, 3.8) is 0 Å². The maximum absolute atomic E-state index is 12.9. The van der Waals surface area contributed by atoms with Crippen LogP contribution in [0.15, 0.2) is 12.7 Å². The van der Waals surface area contributed by atoms with E-state index in [0.29, 0.717) is 13.0 Å². The summed E-state index contributed by atoms with van der Waals surface area (Å²) >= 11 is 0. The Morgan fingerprint density at radius 2 is 1.85 bits per heavy atom. The van der Waals surface area contributed by atoms with Crippen LogP contribution in [0, 0.1) is 0 Å². The summed E-state index contributed by atoms with van der Waals surface area (Å²) < 4.78 is 18.3. The van der Waals surface area contributed by atoms with Gasteiger partial charge in [-0.3, -0.25) is 4.90 Å². The molecule has 1 aliphatic heterocycles. The highest BCUT2D eigenvalue weighted by Crippen LogP contribution is 2.40. The maximum Gasteiger partial charge on any atom is 0.412 e. The predicted octanol–water partition coefficient (Wildman–Crippen LogP) is 5.32. The van der Waals surface area contributed by atoms with Crippen molar-refractivity contribution in [3.8, 4) is 0 Å². The van der Waals surface area contributed by atoms with Crippen LogP contribution < -0.4 is 0 Å². The number of amides is 1. The van der Waals surface area contributed by atoms with Gasteiger partial charge in [0.05, 0.1) is 18.8 Å². The lowest BCUT2D eigenvalue weighted by atomic mass is 10.1. The molecule has 26 heavy (non-hydrogen) atoms. The largest absolute Gasteiger partial charge is 0.444 e. The zero-order valence-corrected chi connectivity index (χ0v) is 19.4. The maximum atomic E-state index is 12.9. The van der Waals surface area contributed by atoms with E-state index < -0.39 is 19.6 Å². The molecule has 6 heteroatoms. The minimum absolute atomic E-state index is 0.0815. The average Bonchev–Trinajstić information content (AvgIpc) is 2.70. The minimum atomic E-state index is -2.01. The van der Waals surface area contributed by atoms with E-state index in [9.17, 15) is 4.79 Å². The van der Waals surface area contributed by atoms with E-state index in [1.54, 1.807) is 4.90 Å². The van der Waals surface area contributed by atoms with Crippen LogP contribution in [0.25, 0.3) is 0 Å². The average molecular weight is 386 g/mol.